The topological polar surface area (TPSA) is 178 Å². The zero-order valence-electron chi connectivity index (χ0n) is 20.6. The Hall–Kier alpha value is -3.44. The maximum atomic E-state index is 13.7. The molecule has 11 nitrogen and oxygen atoms in total. The average molecular weight is 502 g/mol. The summed E-state index contributed by atoms with van der Waals surface area (Å²) in [5.74, 6) is -3.01. The van der Waals surface area contributed by atoms with E-state index in [2.05, 4.69) is 15.6 Å². The Bertz CT molecular complexity index is 1100. The first-order valence-corrected chi connectivity index (χ1v) is 12.2. The molecule has 0 saturated carbocycles. The van der Waals surface area contributed by atoms with Gasteiger partial charge in [0.25, 0.3) is 0 Å². The van der Waals surface area contributed by atoms with Gasteiger partial charge in [0, 0.05) is 30.1 Å². The van der Waals surface area contributed by atoms with Crippen LogP contribution in [0.1, 0.15) is 38.7 Å². The maximum Gasteiger partial charge on any atom is 0.328 e. The van der Waals surface area contributed by atoms with Gasteiger partial charge in [0.2, 0.25) is 17.7 Å². The number of carboxylic acid groups (broad SMARTS) is 1. The first-order valence-electron chi connectivity index (χ1n) is 12.2. The largest absolute Gasteiger partial charge is 0.480 e. The second-order valence-corrected chi connectivity index (χ2v) is 9.31. The van der Waals surface area contributed by atoms with Crippen LogP contribution in [0.5, 0.6) is 0 Å². The second-order valence-electron chi connectivity index (χ2n) is 9.31. The highest BCUT2D eigenvalue weighted by molar-refractivity contribution is 5.95. The number of likely N-dealkylation sites (tertiary alicyclic amines) is 1. The number of benzene rings is 1. The molecule has 7 N–H and O–H groups in total. The van der Waals surface area contributed by atoms with Crippen LogP contribution in [0.25, 0.3) is 10.9 Å². The fourth-order valence-corrected chi connectivity index (χ4v) is 4.46. The number of aliphatic hydroxyl groups excluding tert-OH is 1. The molecule has 3 amide bonds. The number of aromatic amines is 1. The zero-order valence-corrected chi connectivity index (χ0v) is 20.6. The van der Waals surface area contributed by atoms with Crippen LogP contribution in [-0.4, -0.2) is 81.1 Å². The number of fused-ring (bicyclic) bond motifs is 1. The number of nitrogens with zero attached hydrogens (tertiary/aromatic N) is 1. The minimum Gasteiger partial charge on any atom is -0.480 e. The SMILES string of the molecule is CCC(C)C(N)C(=O)NC(Cc1c[nH]c2ccccc12)C(=O)N1CCCC1C(=O)NC(CO)C(=O)O. The average Bonchev–Trinajstić information content (AvgIpc) is 3.52. The van der Waals surface area contributed by atoms with Crippen LogP contribution in [0.15, 0.2) is 30.5 Å². The number of carboxylic acids is 1. The molecule has 11 heteroatoms. The van der Waals surface area contributed by atoms with Gasteiger partial charge in [-0.3, -0.25) is 14.4 Å². The van der Waals surface area contributed by atoms with Crippen LogP contribution >= 0.6 is 0 Å². The van der Waals surface area contributed by atoms with Crippen molar-refractivity contribution in [3.63, 3.8) is 0 Å². The normalized spacial score (nSPS) is 18.9. The Morgan fingerprint density at radius 2 is 1.92 bits per heavy atom. The molecule has 2 heterocycles. The Kier molecular flexibility index (Phi) is 9.05. The van der Waals surface area contributed by atoms with Gasteiger partial charge in [-0.1, -0.05) is 38.5 Å². The van der Waals surface area contributed by atoms with E-state index >= 15 is 0 Å². The van der Waals surface area contributed by atoms with E-state index in [1.807, 2.05) is 38.1 Å². The molecule has 5 unspecified atom stereocenters. The van der Waals surface area contributed by atoms with E-state index in [9.17, 15) is 24.3 Å². The summed E-state index contributed by atoms with van der Waals surface area (Å²) in [7, 11) is 0. The van der Waals surface area contributed by atoms with Crippen molar-refractivity contribution < 1.29 is 29.4 Å². The molecule has 1 aliphatic heterocycles. The van der Waals surface area contributed by atoms with E-state index in [1.165, 1.54) is 4.90 Å². The Morgan fingerprint density at radius 3 is 2.58 bits per heavy atom. The molecule has 1 saturated heterocycles. The highest BCUT2D eigenvalue weighted by Crippen LogP contribution is 2.23. The Labute approximate surface area is 209 Å². The molecule has 5 atom stereocenters. The Morgan fingerprint density at radius 1 is 1.19 bits per heavy atom. The van der Waals surface area contributed by atoms with E-state index in [-0.39, 0.29) is 18.9 Å². The first kappa shape index (κ1) is 27.2. The molecular weight excluding hydrogens is 466 g/mol. The molecule has 0 spiro atoms. The number of nitrogens with two attached hydrogens (primary N) is 1. The van der Waals surface area contributed by atoms with Gasteiger partial charge in [-0.15, -0.1) is 0 Å². The molecule has 1 fully saturated rings. The lowest BCUT2D eigenvalue weighted by molar-refractivity contribution is -0.145. The van der Waals surface area contributed by atoms with Crippen LogP contribution in [0.4, 0.5) is 0 Å². The van der Waals surface area contributed by atoms with Crippen molar-refractivity contribution in [2.24, 2.45) is 11.7 Å². The number of carbonyl (C=O) groups is 4. The standard InChI is InChI=1S/C25H35N5O6/c1-3-14(2)21(26)23(33)28-18(11-15-12-27-17-8-5-4-7-16(15)17)24(34)30-10-6-9-20(30)22(32)29-19(13-31)25(35)36/h4-5,7-8,12,14,18-21,27,31H,3,6,9-11,13,26H2,1-2H3,(H,28,33)(H,29,32)(H,35,36). The quantitative estimate of drug-likeness (QED) is 0.253. The third-order valence-electron chi connectivity index (χ3n) is 6.91. The molecule has 1 aromatic heterocycles. The number of hydrogen-bond acceptors (Lipinski definition) is 6. The third-order valence-corrected chi connectivity index (χ3v) is 6.91. The van der Waals surface area contributed by atoms with Crippen molar-refractivity contribution in [3.8, 4) is 0 Å². The van der Waals surface area contributed by atoms with Crippen LogP contribution in [0, 0.1) is 5.92 Å². The van der Waals surface area contributed by atoms with E-state index in [1.54, 1.807) is 6.20 Å². The molecule has 3 rings (SSSR count). The maximum absolute atomic E-state index is 13.7. The summed E-state index contributed by atoms with van der Waals surface area (Å²) < 4.78 is 0. The van der Waals surface area contributed by atoms with Crippen LogP contribution < -0.4 is 16.4 Å². The van der Waals surface area contributed by atoms with Gasteiger partial charge in [-0.2, -0.15) is 0 Å². The van der Waals surface area contributed by atoms with Gasteiger partial charge < -0.3 is 36.5 Å². The lowest BCUT2D eigenvalue weighted by Crippen LogP contribution is -2.58. The number of carbonyl (C=O) groups excluding carboxylic acids is 3. The lowest BCUT2D eigenvalue weighted by Gasteiger charge is -2.30. The van der Waals surface area contributed by atoms with E-state index in [0.29, 0.717) is 19.3 Å². The van der Waals surface area contributed by atoms with E-state index in [0.717, 1.165) is 16.5 Å². The smallest absolute Gasteiger partial charge is 0.328 e. The number of amides is 3. The summed E-state index contributed by atoms with van der Waals surface area (Å²) in [6, 6.07) is 3.45. The number of H-pyrrole nitrogens is 1. The summed E-state index contributed by atoms with van der Waals surface area (Å²) in [6.07, 6.45) is 3.55. The number of rotatable bonds is 11. The molecule has 1 aliphatic rings. The highest BCUT2D eigenvalue weighted by Gasteiger charge is 2.39. The monoisotopic (exact) mass is 501 g/mol. The summed E-state index contributed by atoms with van der Waals surface area (Å²) in [5, 5.41) is 24.4. The van der Waals surface area contributed by atoms with Crippen molar-refractivity contribution in [1.29, 1.82) is 0 Å². The Balaban J connectivity index is 1.85. The van der Waals surface area contributed by atoms with E-state index in [4.69, 9.17) is 10.8 Å². The minimum absolute atomic E-state index is 0.0920. The molecule has 0 aliphatic carbocycles. The van der Waals surface area contributed by atoms with Crippen LogP contribution in [0.3, 0.4) is 0 Å². The van der Waals surface area contributed by atoms with Crippen molar-refractivity contribution in [2.75, 3.05) is 13.2 Å². The lowest BCUT2D eigenvalue weighted by atomic mass is 9.98. The molecule has 36 heavy (non-hydrogen) atoms. The molecule has 196 valence electrons. The summed E-state index contributed by atoms with van der Waals surface area (Å²) in [5.41, 5.74) is 7.84. The number of nitrogens with one attached hydrogen (secondary N) is 3. The molecule has 1 aromatic carbocycles. The van der Waals surface area contributed by atoms with E-state index < -0.39 is 54.5 Å². The van der Waals surface area contributed by atoms with Gasteiger partial charge in [-0.05, 0) is 30.4 Å². The summed E-state index contributed by atoms with van der Waals surface area (Å²) in [6.45, 7) is 3.30. The number of aliphatic hydroxyl groups is 1. The minimum atomic E-state index is -1.47. The highest BCUT2D eigenvalue weighted by atomic mass is 16.4. The second kappa shape index (κ2) is 12.0. The van der Waals surface area contributed by atoms with Gasteiger partial charge in [-0.25, -0.2) is 4.79 Å². The number of aliphatic carboxylic acids is 1. The van der Waals surface area contributed by atoms with Crippen molar-refractivity contribution >= 4 is 34.6 Å². The summed E-state index contributed by atoms with van der Waals surface area (Å²) >= 11 is 0. The number of aromatic nitrogens is 1. The van der Waals surface area contributed by atoms with Crippen molar-refractivity contribution in [2.45, 2.75) is 63.7 Å². The van der Waals surface area contributed by atoms with Gasteiger partial charge in [0.15, 0.2) is 0 Å². The predicted molar refractivity (Wildman–Crippen MR) is 133 cm³/mol. The van der Waals surface area contributed by atoms with Crippen molar-refractivity contribution in [3.05, 3.63) is 36.0 Å². The fraction of sp³-hybridized carbons (Fsp3) is 0.520. The fourth-order valence-electron chi connectivity index (χ4n) is 4.46. The molecule has 0 bridgehead atoms. The first-order chi connectivity index (χ1) is 17.2. The molecule has 2 aromatic rings. The summed E-state index contributed by atoms with van der Waals surface area (Å²) in [4.78, 5) is 55.3. The van der Waals surface area contributed by atoms with Crippen LogP contribution in [-0.2, 0) is 25.6 Å². The number of hydrogen-bond donors (Lipinski definition) is 6. The van der Waals surface area contributed by atoms with Crippen molar-refractivity contribution in [1.82, 2.24) is 20.5 Å². The third kappa shape index (κ3) is 6.03. The predicted octanol–water partition coefficient (Wildman–Crippen LogP) is 0.121. The molecule has 0 radical (unpaired) electrons. The van der Waals surface area contributed by atoms with Gasteiger partial charge >= 0.3 is 5.97 Å². The van der Waals surface area contributed by atoms with Gasteiger partial charge in [0.1, 0.15) is 18.1 Å². The van der Waals surface area contributed by atoms with Gasteiger partial charge in [0.05, 0.1) is 12.6 Å². The zero-order chi connectivity index (χ0) is 26.4. The van der Waals surface area contributed by atoms with Crippen LogP contribution in [0.2, 0.25) is 0 Å². The number of para-hydroxylation sites is 1. The molecular formula is C25H35N5O6.